The number of imidazole rings is 1. The number of aromatic nitrogens is 2. The molecule has 1 heterocycles. The number of fused-ring (bicyclic) bond motifs is 1. The summed E-state index contributed by atoms with van der Waals surface area (Å²) in [6.45, 7) is -0.356. The number of carbonyl (C=O) groups excluding carboxylic acids is 1. The van der Waals surface area contributed by atoms with E-state index in [-0.39, 0.29) is 18.9 Å². The Morgan fingerprint density at radius 1 is 1.41 bits per heavy atom. The molecule has 17 heavy (non-hydrogen) atoms. The van der Waals surface area contributed by atoms with Crippen molar-refractivity contribution in [3.05, 3.63) is 30.1 Å². The van der Waals surface area contributed by atoms with Crippen molar-refractivity contribution >= 4 is 22.9 Å². The van der Waals surface area contributed by atoms with Crippen LogP contribution in [0.15, 0.2) is 24.5 Å². The van der Waals surface area contributed by atoms with E-state index in [1.54, 1.807) is 12.4 Å². The molecule has 0 fully saturated rings. The molecular formula is C11H11N3O3. The molecule has 1 aromatic heterocycles. The van der Waals surface area contributed by atoms with Crippen molar-refractivity contribution < 1.29 is 14.7 Å². The molecule has 0 aliphatic heterocycles. The van der Waals surface area contributed by atoms with E-state index in [2.05, 4.69) is 15.3 Å². The van der Waals surface area contributed by atoms with Crippen molar-refractivity contribution in [2.45, 2.75) is 6.42 Å². The van der Waals surface area contributed by atoms with Gasteiger partial charge in [0.05, 0.1) is 23.8 Å². The van der Waals surface area contributed by atoms with Crippen molar-refractivity contribution in [1.82, 2.24) is 15.3 Å². The fourth-order valence-electron chi connectivity index (χ4n) is 1.51. The Kier molecular flexibility index (Phi) is 3.04. The van der Waals surface area contributed by atoms with E-state index in [1.165, 1.54) is 0 Å². The fourth-order valence-corrected chi connectivity index (χ4v) is 1.51. The smallest absolute Gasteiger partial charge is 0.322 e. The standard InChI is InChI=1S/C11H11N3O3/c15-10(12-5-11(16)17)4-7-1-2-8-9(3-7)14-6-13-8/h1-3,6H,4-5H2,(H,12,15)(H,13,14)(H,16,17). The zero-order chi connectivity index (χ0) is 12.3. The lowest BCUT2D eigenvalue weighted by atomic mass is 10.1. The Morgan fingerprint density at radius 3 is 3.00 bits per heavy atom. The molecule has 6 nitrogen and oxygen atoms in total. The highest BCUT2D eigenvalue weighted by Gasteiger charge is 2.06. The Balaban J connectivity index is 2.02. The lowest BCUT2D eigenvalue weighted by Crippen LogP contribution is -2.30. The first-order valence-corrected chi connectivity index (χ1v) is 5.05. The number of carboxylic acids is 1. The lowest BCUT2D eigenvalue weighted by Gasteiger charge is -2.02. The van der Waals surface area contributed by atoms with Gasteiger partial charge in [-0.1, -0.05) is 6.07 Å². The maximum atomic E-state index is 11.4. The number of carboxylic acid groups (broad SMARTS) is 1. The van der Waals surface area contributed by atoms with Crippen LogP contribution < -0.4 is 5.32 Å². The van der Waals surface area contributed by atoms with Gasteiger partial charge in [-0.2, -0.15) is 0 Å². The van der Waals surface area contributed by atoms with Crippen LogP contribution in [0.2, 0.25) is 0 Å². The molecule has 0 saturated heterocycles. The summed E-state index contributed by atoms with van der Waals surface area (Å²) in [6, 6.07) is 5.43. The van der Waals surface area contributed by atoms with Gasteiger partial charge < -0.3 is 15.4 Å². The van der Waals surface area contributed by atoms with Gasteiger partial charge in [0, 0.05) is 0 Å². The molecule has 3 N–H and O–H groups in total. The van der Waals surface area contributed by atoms with E-state index in [1.807, 2.05) is 12.1 Å². The number of nitrogens with zero attached hydrogens (tertiary/aromatic N) is 1. The van der Waals surface area contributed by atoms with E-state index in [0.29, 0.717) is 0 Å². The summed E-state index contributed by atoms with van der Waals surface area (Å²) in [5, 5.41) is 10.7. The van der Waals surface area contributed by atoms with Gasteiger partial charge >= 0.3 is 5.97 Å². The number of benzene rings is 1. The summed E-state index contributed by atoms with van der Waals surface area (Å²) in [6.07, 6.45) is 1.74. The Hall–Kier alpha value is -2.37. The number of nitrogens with one attached hydrogen (secondary N) is 2. The molecule has 0 spiro atoms. The monoisotopic (exact) mass is 233 g/mol. The molecule has 0 aliphatic rings. The normalized spacial score (nSPS) is 10.4. The summed E-state index contributed by atoms with van der Waals surface area (Å²) in [5.41, 5.74) is 2.50. The number of H-pyrrole nitrogens is 1. The van der Waals surface area contributed by atoms with E-state index >= 15 is 0 Å². The predicted molar refractivity (Wildman–Crippen MR) is 60.4 cm³/mol. The van der Waals surface area contributed by atoms with Gasteiger partial charge in [0.1, 0.15) is 6.54 Å². The highest BCUT2D eigenvalue weighted by molar-refractivity contribution is 5.84. The number of hydrogen-bond donors (Lipinski definition) is 3. The molecule has 0 atom stereocenters. The number of aliphatic carboxylic acids is 1. The summed E-state index contributed by atoms with van der Waals surface area (Å²) < 4.78 is 0. The minimum atomic E-state index is -1.05. The van der Waals surface area contributed by atoms with Gasteiger partial charge in [0.2, 0.25) is 5.91 Å². The highest BCUT2D eigenvalue weighted by atomic mass is 16.4. The van der Waals surface area contributed by atoms with Crippen LogP contribution in [0.4, 0.5) is 0 Å². The molecule has 0 radical (unpaired) electrons. The van der Waals surface area contributed by atoms with Crippen LogP contribution in [-0.4, -0.2) is 33.5 Å². The van der Waals surface area contributed by atoms with E-state index in [0.717, 1.165) is 16.6 Å². The third-order valence-corrected chi connectivity index (χ3v) is 2.29. The number of hydrogen-bond acceptors (Lipinski definition) is 3. The van der Waals surface area contributed by atoms with Gasteiger partial charge in [-0.25, -0.2) is 4.98 Å². The molecule has 1 aromatic carbocycles. The molecule has 0 saturated carbocycles. The Morgan fingerprint density at radius 2 is 2.24 bits per heavy atom. The third-order valence-electron chi connectivity index (χ3n) is 2.29. The van der Waals surface area contributed by atoms with Crippen LogP contribution in [0.3, 0.4) is 0 Å². The maximum Gasteiger partial charge on any atom is 0.322 e. The highest BCUT2D eigenvalue weighted by Crippen LogP contribution is 2.11. The molecule has 2 aromatic rings. The van der Waals surface area contributed by atoms with Crippen LogP contribution >= 0.6 is 0 Å². The largest absolute Gasteiger partial charge is 0.480 e. The quantitative estimate of drug-likeness (QED) is 0.708. The fraction of sp³-hybridized carbons (Fsp3) is 0.182. The van der Waals surface area contributed by atoms with Crippen LogP contribution in [0.1, 0.15) is 5.56 Å². The van der Waals surface area contributed by atoms with Crippen LogP contribution in [0.5, 0.6) is 0 Å². The minimum absolute atomic E-state index is 0.155. The Bertz CT molecular complexity index is 562. The number of rotatable bonds is 4. The molecule has 1 amide bonds. The van der Waals surface area contributed by atoms with E-state index in [9.17, 15) is 9.59 Å². The topological polar surface area (TPSA) is 95.1 Å². The van der Waals surface area contributed by atoms with Crippen LogP contribution in [-0.2, 0) is 16.0 Å². The second-order valence-electron chi connectivity index (χ2n) is 3.60. The Labute approximate surface area is 96.7 Å². The second kappa shape index (κ2) is 4.65. The number of amides is 1. The van der Waals surface area contributed by atoms with Gasteiger partial charge in [0.25, 0.3) is 0 Å². The average Bonchev–Trinajstić information content (AvgIpc) is 2.73. The molecule has 2 rings (SSSR count). The summed E-state index contributed by atoms with van der Waals surface area (Å²) in [7, 11) is 0. The zero-order valence-corrected chi connectivity index (χ0v) is 8.93. The van der Waals surface area contributed by atoms with E-state index < -0.39 is 5.97 Å². The lowest BCUT2D eigenvalue weighted by molar-refractivity contribution is -0.137. The maximum absolute atomic E-state index is 11.4. The first-order valence-electron chi connectivity index (χ1n) is 5.05. The molecule has 0 unspecified atom stereocenters. The summed E-state index contributed by atoms with van der Waals surface area (Å²) in [4.78, 5) is 28.7. The minimum Gasteiger partial charge on any atom is -0.480 e. The van der Waals surface area contributed by atoms with Crippen LogP contribution in [0.25, 0.3) is 11.0 Å². The predicted octanol–water partition coefficient (Wildman–Crippen LogP) is 0.306. The van der Waals surface area contributed by atoms with Crippen LogP contribution in [0, 0.1) is 0 Å². The van der Waals surface area contributed by atoms with Gasteiger partial charge in [-0.15, -0.1) is 0 Å². The van der Waals surface area contributed by atoms with Crippen molar-refractivity contribution in [3.8, 4) is 0 Å². The summed E-state index contributed by atoms with van der Waals surface area (Å²) in [5.74, 6) is -1.37. The molecule has 6 heteroatoms. The van der Waals surface area contributed by atoms with Crippen molar-refractivity contribution in [2.75, 3.05) is 6.54 Å². The molecule has 0 aliphatic carbocycles. The first kappa shape index (κ1) is 11.1. The van der Waals surface area contributed by atoms with Crippen molar-refractivity contribution in [3.63, 3.8) is 0 Å². The van der Waals surface area contributed by atoms with Crippen molar-refractivity contribution in [2.24, 2.45) is 0 Å². The zero-order valence-electron chi connectivity index (χ0n) is 8.93. The second-order valence-corrected chi connectivity index (χ2v) is 3.60. The summed E-state index contributed by atoms with van der Waals surface area (Å²) >= 11 is 0. The van der Waals surface area contributed by atoms with Crippen molar-refractivity contribution in [1.29, 1.82) is 0 Å². The first-order chi connectivity index (χ1) is 8.15. The van der Waals surface area contributed by atoms with E-state index in [4.69, 9.17) is 5.11 Å². The average molecular weight is 233 g/mol. The number of aromatic amines is 1. The SMILES string of the molecule is O=C(O)CNC(=O)Cc1ccc2nc[nH]c2c1. The van der Waals surface area contributed by atoms with Gasteiger partial charge in [-0.3, -0.25) is 9.59 Å². The number of carbonyl (C=O) groups is 2. The van der Waals surface area contributed by atoms with Gasteiger partial charge in [-0.05, 0) is 17.7 Å². The molecule has 0 bridgehead atoms. The third kappa shape index (κ3) is 2.81. The van der Waals surface area contributed by atoms with Gasteiger partial charge in [0.15, 0.2) is 0 Å². The molecular weight excluding hydrogens is 222 g/mol. The molecule has 88 valence electrons.